The fraction of sp³-hybridized carbons (Fsp3) is 0.960. The van der Waals surface area contributed by atoms with Crippen molar-refractivity contribution >= 4 is 6.03 Å². The number of morpholine rings is 1. The molecule has 0 N–H and O–H groups in total. The van der Waals surface area contributed by atoms with Gasteiger partial charge in [0.1, 0.15) is 0 Å². The van der Waals surface area contributed by atoms with Crippen LogP contribution in [0.5, 0.6) is 0 Å². The summed E-state index contributed by atoms with van der Waals surface area (Å²) in [5.74, 6) is 0.995. The molecule has 5 fully saturated rings. The number of likely N-dealkylation sites (tertiary alicyclic amines) is 1. The Kier molecular flexibility index (Phi) is 8.86. The first-order valence-electron chi connectivity index (χ1n) is 13.2. The van der Waals surface area contributed by atoms with Gasteiger partial charge in [0, 0.05) is 50.9 Å². The number of ether oxygens (including phenoxy) is 2. The summed E-state index contributed by atoms with van der Waals surface area (Å²) in [6.45, 7) is 16.5. The molecule has 5 atom stereocenters. The van der Waals surface area contributed by atoms with E-state index in [4.69, 9.17) is 19.2 Å². The normalized spacial score (nSPS) is 37.9. The molecule has 2 aliphatic carbocycles. The van der Waals surface area contributed by atoms with Crippen molar-refractivity contribution in [2.75, 3.05) is 39.4 Å². The van der Waals surface area contributed by atoms with E-state index in [1.165, 1.54) is 12.8 Å². The first-order chi connectivity index (χ1) is 15.5. The Morgan fingerprint density at radius 3 is 2.09 bits per heavy atom. The average Bonchev–Trinajstić information content (AvgIpc) is 3.21. The molecule has 32 heavy (non-hydrogen) atoms. The van der Waals surface area contributed by atoms with Gasteiger partial charge in [-0.1, -0.05) is 41.5 Å². The van der Waals surface area contributed by atoms with Crippen LogP contribution in [0.3, 0.4) is 0 Å². The highest BCUT2D eigenvalue weighted by Crippen LogP contribution is 2.57. The van der Waals surface area contributed by atoms with E-state index >= 15 is 0 Å². The van der Waals surface area contributed by atoms with E-state index < -0.39 is 11.6 Å². The van der Waals surface area contributed by atoms with Crippen molar-refractivity contribution < 1.29 is 24.0 Å². The number of piperidine rings is 1. The lowest BCUT2D eigenvalue weighted by Crippen LogP contribution is -2.56. The van der Waals surface area contributed by atoms with E-state index in [0.29, 0.717) is 64.1 Å². The van der Waals surface area contributed by atoms with Gasteiger partial charge in [-0.05, 0) is 37.5 Å². The van der Waals surface area contributed by atoms with Crippen molar-refractivity contribution in [1.29, 1.82) is 0 Å². The third-order valence-electron chi connectivity index (χ3n) is 7.73. The molecule has 2 saturated carbocycles. The highest BCUT2D eigenvalue weighted by Gasteiger charge is 2.63. The average molecular weight is 455 g/mol. The smallest absolute Gasteiger partial charge is 0.320 e. The van der Waals surface area contributed by atoms with Gasteiger partial charge in [-0.25, -0.2) is 4.79 Å². The Bertz CT molecular complexity index is 599. The van der Waals surface area contributed by atoms with Crippen LogP contribution in [-0.4, -0.2) is 66.8 Å². The molecular weight excluding hydrogens is 408 g/mol. The summed E-state index contributed by atoms with van der Waals surface area (Å²) in [5, 5.41) is 0. The first kappa shape index (κ1) is 25.7. The van der Waals surface area contributed by atoms with E-state index in [2.05, 4.69) is 13.8 Å². The largest absolute Gasteiger partial charge is 0.378 e. The van der Waals surface area contributed by atoms with Crippen LogP contribution in [-0.2, 0) is 19.2 Å². The summed E-state index contributed by atoms with van der Waals surface area (Å²) in [7, 11) is 0. The van der Waals surface area contributed by atoms with Crippen molar-refractivity contribution in [1.82, 2.24) is 9.80 Å². The van der Waals surface area contributed by atoms with Crippen molar-refractivity contribution in [3.8, 4) is 0 Å². The predicted octanol–water partition coefficient (Wildman–Crippen LogP) is 5.05. The number of fused-ring (bicyclic) bond motifs is 3. The van der Waals surface area contributed by atoms with Gasteiger partial charge < -0.3 is 19.3 Å². The highest BCUT2D eigenvalue weighted by molar-refractivity contribution is 5.74. The fourth-order valence-corrected chi connectivity index (χ4v) is 6.31. The minimum atomic E-state index is -0.691. The number of carbonyl (C=O) groups excluding carboxylic acids is 1. The number of amides is 2. The molecule has 186 valence electrons. The number of hydrogen-bond donors (Lipinski definition) is 0. The molecule has 3 heterocycles. The molecule has 0 aromatic carbocycles. The van der Waals surface area contributed by atoms with Gasteiger partial charge in [-0.15, -0.1) is 0 Å². The zero-order chi connectivity index (χ0) is 23.4. The van der Waals surface area contributed by atoms with Gasteiger partial charge in [0.15, 0.2) is 0 Å². The van der Waals surface area contributed by atoms with Gasteiger partial charge in [0.05, 0.1) is 13.2 Å². The summed E-state index contributed by atoms with van der Waals surface area (Å²) < 4.78 is 12.1. The first-order valence-corrected chi connectivity index (χ1v) is 13.2. The minimum Gasteiger partial charge on any atom is -0.378 e. The summed E-state index contributed by atoms with van der Waals surface area (Å²) >= 11 is 0. The maximum Gasteiger partial charge on any atom is 0.320 e. The lowest BCUT2D eigenvalue weighted by molar-refractivity contribution is -0.380. The van der Waals surface area contributed by atoms with Crippen LogP contribution in [0.15, 0.2) is 0 Å². The van der Waals surface area contributed by atoms with Crippen LogP contribution in [0.4, 0.5) is 4.79 Å². The molecule has 7 nitrogen and oxygen atoms in total. The second kappa shape index (κ2) is 11.0. The number of carbonyl (C=O) groups is 1. The number of hydrogen-bond acceptors (Lipinski definition) is 5. The van der Waals surface area contributed by atoms with Crippen LogP contribution < -0.4 is 0 Å². The molecule has 5 unspecified atom stereocenters. The molecule has 2 spiro atoms. The fourth-order valence-electron chi connectivity index (χ4n) is 6.31. The Morgan fingerprint density at radius 2 is 1.44 bits per heavy atom. The predicted molar refractivity (Wildman–Crippen MR) is 124 cm³/mol. The van der Waals surface area contributed by atoms with Gasteiger partial charge >= 0.3 is 6.03 Å². The Hall–Kier alpha value is -0.890. The minimum absolute atomic E-state index is 0.113. The topological polar surface area (TPSA) is 60.5 Å². The van der Waals surface area contributed by atoms with Crippen molar-refractivity contribution in [3.05, 3.63) is 0 Å². The van der Waals surface area contributed by atoms with Crippen LogP contribution in [0.2, 0.25) is 0 Å². The van der Waals surface area contributed by atoms with Crippen molar-refractivity contribution in [3.63, 3.8) is 0 Å². The summed E-state index contributed by atoms with van der Waals surface area (Å²) in [6.07, 6.45) is 6.17. The zero-order valence-corrected chi connectivity index (χ0v) is 21.2. The number of urea groups is 1. The molecule has 0 aromatic rings. The van der Waals surface area contributed by atoms with Crippen LogP contribution >= 0.6 is 0 Å². The summed E-state index contributed by atoms with van der Waals surface area (Å²) in [4.78, 5) is 28.6. The lowest BCUT2D eigenvalue weighted by Gasteiger charge is -2.50. The summed E-state index contributed by atoms with van der Waals surface area (Å²) in [6, 6.07) is 0.113. The van der Waals surface area contributed by atoms with E-state index in [9.17, 15) is 4.79 Å². The summed E-state index contributed by atoms with van der Waals surface area (Å²) in [5.41, 5.74) is 0. The third kappa shape index (κ3) is 4.96. The van der Waals surface area contributed by atoms with E-state index in [1.54, 1.807) is 0 Å². The Labute approximate surface area is 195 Å². The lowest BCUT2D eigenvalue weighted by atomic mass is 9.62. The zero-order valence-electron chi connectivity index (χ0n) is 21.2. The standard InChI is InChI=1S/C21H34N2O5.2C2H6/c1-15-11-17-13-16(2)21(18(12-15)14-17)26-20(27-28-21)3-5-22(6-4-20)19(24)23-7-9-25-10-8-23;2*1-2/h15-18H,3-14H2,1-2H3;2*1-2H3. The number of rotatable bonds is 0. The molecule has 2 bridgehead atoms. The van der Waals surface area contributed by atoms with Crippen molar-refractivity contribution in [2.45, 2.75) is 91.6 Å². The van der Waals surface area contributed by atoms with Crippen molar-refractivity contribution in [2.24, 2.45) is 23.7 Å². The maximum atomic E-state index is 12.8. The monoisotopic (exact) mass is 454 g/mol. The molecular formula is C25H46N2O5. The van der Waals surface area contributed by atoms with Gasteiger partial charge in [0.2, 0.25) is 11.6 Å². The van der Waals surface area contributed by atoms with Crippen LogP contribution in [0, 0.1) is 23.7 Å². The third-order valence-corrected chi connectivity index (χ3v) is 7.73. The molecule has 7 heteroatoms. The second-order valence-corrected chi connectivity index (χ2v) is 9.78. The second-order valence-electron chi connectivity index (χ2n) is 9.78. The van der Waals surface area contributed by atoms with Crippen LogP contribution in [0.25, 0.3) is 0 Å². The molecule has 2 amide bonds. The van der Waals surface area contributed by atoms with Gasteiger partial charge in [-0.2, -0.15) is 9.78 Å². The molecule has 5 rings (SSSR count). The molecule has 3 saturated heterocycles. The SMILES string of the molecule is CC.CC.CC1CC2CC(C)C3(OOC4(CCN(C(=O)N5CCOCC5)CC4)O3)C(C1)C2. The Balaban J connectivity index is 0.000000686. The van der Waals surface area contributed by atoms with E-state index in [-0.39, 0.29) is 6.03 Å². The number of nitrogens with zero attached hydrogens (tertiary/aromatic N) is 2. The van der Waals surface area contributed by atoms with Gasteiger partial charge in [-0.3, -0.25) is 0 Å². The van der Waals surface area contributed by atoms with Gasteiger partial charge in [0.25, 0.3) is 0 Å². The molecule has 0 aromatic heterocycles. The maximum absolute atomic E-state index is 12.8. The highest BCUT2D eigenvalue weighted by atomic mass is 17.3. The molecule has 3 aliphatic heterocycles. The quantitative estimate of drug-likeness (QED) is 0.479. The van der Waals surface area contributed by atoms with Crippen LogP contribution in [0.1, 0.15) is 80.1 Å². The van der Waals surface area contributed by atoms with E-state index in [1.807, 2.05) is 37.5 Å². The Morgan fingerprint density at radius 1 is 0.812 bits per heavy atom. The molecule has 5 aliphatic rings. The van der Waals surface area contributed by atoms with E-state index in [0.717, 1.165) is 24.7 Å². The molecule has 0 radical (unpaired) electrons.